The van der Waals surface area contributed by atoms with Gasteiger partial charge in [-0.3, -0.25) is 5.41 Å². The molecular weight excluding hydrogens is 236 g/mol. The molecule has 0 atom stereocenters. The van der Waals surface area contributed by atoms with Crippen LogP contribution in [0, 0.1) is 5.41 Å². The molecule has 0 unspecified atom stereocenters. The molecule has 102 valence electrons. The second-order valence-electron chi connectivity index (χ2n) is 5.60. The Morgan fingerprint density at radius 1 is 1.42 bits per heavy atom. The van der Waals surface area contributed by atoms with Crippen molar-refractivity contribution in [2.24, 2.45) is 5.73 Å². The van der Waals surface area contributed by atoms with E-state index in [1.165, 1.54) is 36.9 Å². The Morgan fingerprint density at radius 3 is 2.79 bits per heavy atom. The zero-order valence-corrected chi connectivity index (χ0v) is 11.6. The summed E-state index contributed by atoms with van der Waals surface area (Å²) >= 11 is 0. The standard InChI is InChI=1S/C15H22N4/c1-2-19(11-7-8-11)15-12(14(16)17)9-10-5-3-4-6-13(10)18-15/h9,11H,2-8H2,1H3,(H3,16,17). The summed E-state index contributed by atoms with van der Waals surface area (Å²) in [4.78, 5) is 7.20. The lowest BCUT2D eigenvalue weighted by Crippen LogP contribution is -2.30. The lowest BCUT2D eigenvalue weighted by Gasteiger charge is -2.26. The number of pyridine rings is 1. The van der Waals surface area contributed by atoms with E-state index in [0.29, 0.717) is 6.04 Å². The number of nitrogen functional groups attached to an aromatic ring is 1. The van der Waals surface area contributed by atoms with Gasteiger partial charge in [0, 0.05) is 18.3 Å². The van der Waals surface area contributed by atoms with Gasteiger partial charge in [-0.25, -0.2) is 4.98 Å². The minimum Gasteiger partial charge on any atom is -0.384 e. The Balaban J connectivity index is 2.07. The predicted octanol–water partition coefficient (Wildman–Crippen LogP) is 2.23. The maximum Gasteiger partial charge on any atom is 0.140 e. The number of hydrogen-bond acceptors (Lipinski definition) is 3. The van der Waals surface area contributed by atoms with Crippen LogP contribution in [-0.4, -0.2) is 23.4 Å². The van der Waals surface area contributed by atoms with Gasteiger partial charge in [-0.05, 0) is 57.1 Å². The van der Waals surface area contributed by atoms with E-state index >= 15 is 0 Å². The Morgan fingerprint density at radius 2 is 2.16 bits per heavy atom. The average molecular weight is 258 g/mol. The minimum absolute atomic E-state index is 0.148. The topological polar surface area (TPSA) is 66.0 Å². The Hall–Kier alpha value is -1.58. The number of hydrogen-bond donors (Lipinski definition) is 2. The lowest BCUT2D eigenvalue weighted by molar-refractivity contribution is 0.663. The highest BCUT2D eigenvalue weighted by atomic mass is 15.2. The van der Waals surface area contributed by atoms with Gasteiger partial charge < -0.3 is 10.6 Å². The summed E-state index contributed by atoms with van der Waals surface area (Å²) in [5, 5.41) is 7.83. The van der Waals surface area contributed by atoms with Crippen LogP contribution in [0.5, 0.6) is 0 Å². The number of nitrogens with two attached hydrogens (primary N) is 1. The van der Waals surface area contributed by atoms with E-state index in [9.17, 15) is 0 Å². The number of anilines is 1. The third-order valence-electron chi connectivity index (χ3n) is 4.17. The van der Waals surface area contributed by atoms with Gasteiger partial charge in [0.2, 0.25) is 0 Å². The summed E-state index contributed by atoms with van der Waals surface area (Å²) in [6.07, 6.45) is 7.09. The first-order valence-corrected chi connectivity index (χ1v) is 7.34. The molecule has 0 amide bonds. The van der Waals surface area contributed by atoms with E-state index in [2.05, 4.69) is 17.9 Å². The predicted molar refractivity (Wildman–Crippen MR) is 77.9 cm³/mol. The molecule has 1 aromatic heterocycles. The quantitative estimate of drug-likeness (QED) is 0.643. The van der Waals surface area contributed by atoms with Gasteiger partial charge >= 0.3 is 0 Å². The minimum atomic E-state index is 0.148. The van der Waals surface area contributed by atoms with Crippen LogP contribution in [0.4, 0.5) is 5.82 Å². The number of rotatable bonds is 4. The molecule has 0 bridgehead atoms. The fourth-order valence-corrected chi connectivity index (χ4v) is 3.01. The molecule has 3 rings (SSSR count). The van der Waals surface area contributed by atoms with E-state index in [4.69, 9.17) is 16.1 Å². The van der Waals surface area contributed by atoms with Crippen LogP contribution in [0.25, 0.3) is 0 Å². The molecule has 0 aliphatic heterocycles. The van der Waals surface area contributed by atoms with Crippen molar-refractivity contribution in [3.05, 3.63) is 22.9 Å². The first-order chi connectivity index (χ1) is 9.20. The summed E-state index contributed by atoms with van der Waals surface area (Å²) in [7, 11) is 0. The summed E-state index contributed by atoms with van der Waals surface area (Å²) in [6.45, 7) is 3.10. The third-order valence-corrected chi connectivity index (χ3v) is 4.17. The summed E-state index contributed by atoms with van der Waals surface area (Å²) < 4.78 is 0. The number of fused-ring (bicyclic) bond motifs is 1. The average Bonchev–Trinajstić information content (AvgIpc) is 3.23. The van der Waals surface area contributed by atoms with Crippen LogP contribution >= 0.6 is 0 Å². The van der Waals surface area contributed by atoms with E-state index in [1.807, 2.05) is 0 Å². The maximum absolute atomic E-state index is 7.83. The maximum atomic E-state index is 7.83. The van der Waals surface area contributed by atoms with Crippen LogP contribution < -0.4 is 10.6 Å². The summed E-state index contributed by atoms with van der Waals surface area (Å²) in [6, 6.07) is 2.72. The third kappa shape index (κ3) is 2.31. The lowest BCUT2D eigenvalue weighted by atomic mass is 9.94. The van der Waals surface area contributed by atoms with Crippen LogP contribution in [0.1, 0.15) is 49.4 Å². The summed E-state index contributed by atoms with van der Waals surface area (Å²) in [5.41, 5.74) is 9.13. The Bertz CT molecular complexity index is 505. The second-order valence-corrected chi connectivity index (χ2v) is 5.60. The fraction of sp³-hybridized carbons (Fsp3) is 0.600. The molecule has 0 spiro atoms. The molecular formula is C15H22N4. The Kier molecular flexibility index (Phi) is 3.17. The van der Waals surface area contributed by atoms with Gasteiger partial charge in [-0.2, -0.15) is 0 Å². The van der Waals surface area contributed by atoms with E-state index in [-0.39, 0.29) is 5.84 Å². The molecule has 0 radical (unpaired) electrons. The van der Waals surface area contributed by atoms with Crippen molar-refractivity contribution >= 4 is 11.7 Å². The van der Waals surface area contributed by atoms with Crippen molar-refractivity contribution in [2.45, 2.75) is 51.5 Å². The molecule has 1 heterocycles. The molecule has 4 heteroatoms. The first-order valence-electron chi connectivity index (χ1n) is 7.34. The van der Waals surface area contributed by atoms with Crippen molar-refractivity contribution in [1.29, 1.82) is 5.41 Å². The SMILES string of the molecule is CCN(c1nc2c(cc1C(=N)N)CCCC2)C1CC1. The van der Waals surface area contributed by atoms with Crippen LogP contribution in [0.2, 0.25) is 0 Å². The number of nitrogens with zero attached hydrogens (tertiary/aromatic N) is 2. The highest BCUT2D eigenvalue weighted by Crippen LogP contribution is 2.34. The van der Waals surface area contributed by atoms with Gasteiger partial charge in [0.15, 0.2) is 0 Å². The van der Waals surface area contributed by atoms with Gasteiger partial charge in [0.1, 0.15) is 11.7 Å². The number of amidine groups is 1. The van der Waals surface area contributed by atoms with Crippen LogP contribution in [-0.2, 0) is 12.8 Å². The molecule has 0 aromatic carbocycles. The van der Waals surface area contributed by atoms with E-state index < -0.39 is 0 Å². The smallest absolute Gasteiger partial charge is 0.140 e. The van der Waals surface area contributed by atoms with Gasteiger partial charge in [0.05, 0.1) is 5.56 Å². The fourth-order valence-electron chi connectivity index (χ4n) is 3.01. The highest BCUT2D eigenvalue weighted by molar-refractivity contribution is 6.00. The zero-order valence-electron chi connectivity index (χ0n) is 11.6. The highest BCUT2D eigenvalue weighted by Gasteiger charge is 2.31. The normalized spacial score (nSPS) is 17.9. The Labute approximate surface area is 114 Å². The van der Waals surface area contributed by atoms with Crippen molar-refractivity contribution in [2.75, 3.05) is 11.4 Å². The van der Waals surface area contributed by atoms with Gasteiger partial charge in [-0.1, -0.05) is 0 Å². The number of nitrogens with one attached hydrogen (secondary N) is 1. The zero-order chi connectivity index (χ0) is 13.4. The molecule has 4 nitrogen and oxygen atoms in total. The monoisotopic (exact) mass is 258 g/mol. The van der Waals surface area contributed by atoms with Crippen molar-refractivity contribution in [3.8, 4) is 0 Å². The van der Waals surface area contributed by atoms with Crippen LogP contribution in [0.3, 0.4) is 0 Å². The van der Waals surface area contributed by atoms with E-state index in [0.717, 1.165) is 30.8 Å². The van der Waals surface area contributed by atoms with E-state index in [1.54, 1.807) is 0 Å². The molecule has 2 aliphatic carbocycles. The molecule has 1 fully saturated rings. The molecule has 3 N–H and O–H groups in total. The molecule has 2 aliphatic rings. The molecule has 0 saturated heterocycles. The van der Waals surface area contributed by atoms with Crippen LogP contribution in [0.15, 0.2) is 6.07 Å². The first kappa shape index (κ1) is 12.5. The largest absolute Gasteiger partial charge is 0.384 e. The van der Waals surface area contributed by atoms with Gasteiger partial charge in [0.25, 0.3) is 0 Å². The summed E-state index contributed by atoms with van der Waals surface area (Å²) in [5.74, 6) is 1.09. The second kappa shape index (κ2) is 4.83. The molecule has 1 saturated carbocycles. The van der Waals surface area contributed by atoms with Crippen molar-refractivity contribution in [3.63, 3.8) is 0 Å². The van der Waals surface area contributed by atoms with Crippen molar-refractivity contribution in [1.82, 2.24) is 4.98 Å². The van der Waals surface area contributed by atoms with Gasteiger partial charge in [-0.15, -0.1) is 0 Å². The number of aromatic nitrogens is 1. The molecule has 1 aromatic rings. The molecule has 19 heavy (non-hydrogen) atoms. The number of aryl methyl sites for hydroxylation is 2. The van der Waals surface area contributed by atoms with Crippen molar-refractivity contribution < 1.29 is 0 Å².